The van der Waals surface area contributed by atoms with Crippen LogP contribution in [0.4, 0.5) is 0 Å². The van der Waals surface area contributed by atoms with Gasteiger partial charge in [0.05, 0.1) is 0 Å². The lowest BCUT2D eigenvalue weighted by Gasteiger charge is -2.18. The summed E-state index contributed by atoms with van der Waals surface area (Å²) < 4.78 is 16.9. The molecule has 0 heterocycles. The zero-order chi connectivity index (χ0) is 54.3. The van der Waals surface area contributed by atoms with Crippen molar-refractivity contribution >= 4 is 17.9 Å². The van der Waals surface area contributed by atoms with Crippen LogP contribution < -0.4 is 0 Å². The van der Waals surface area contributed by atoms with E-state index in [0.29, 0.717) is 19.3 Å². The maximum absolute atomic E-state index is 12.9. The summed E-state index contributed by atoms with van der Waals surface area (Å²) in [6, 6.07) is 0. The zero-order valence-corrected chi connectivity index (χ0v) is 50.3. The third-order valence-corrected chi connectivity index (χ3v) is 14.8. The highest BCUT2D eigenvalue weighted by Crippen LogP contribution is 2.17. The lowest BCUT2D eigenvalue weighted by molar-refractivity contribution is -0.167. The smallest absolute Gasteiger partial charge is 0.306 e. The van der Waals surface area contributed by atoms with Gasteiger partial charge in [0.1, 0.15) is 13.2 Å². The molecule has 0 aliphatic rings. The Labute approximate surface area is 467 Å². The van der Waals surface area contributed by atoms with Crippen LogP contribution >= 0.6 is 0 Å². The first-order valence-electron chi connectivity index (χ1n) is 33.1. The van der Waals surface area contributed by atoms with Crippen molar-refractivity contribution in [1.82, 2.24) is 0 Å². The largest absolute Gasteiger partial charge is 0.462 e. The number of hydrogen-bond donors (Lipinski definition) is 0. The molecular weight excluding hydrogens is 925 g/mol. The topological polar surface area (TPSA) is 78.9 Å². The van der Waals surface area contributed by atoms with E-state index in [1.807, 2.05) is 0 Å². The molecule has 0 rings (SSSR count). The summed E-state index contributed by atoms with van der Waals surface area (Å²) in [5.74, 6) is -0.867. The standard InChI is InChI=1S/C69H126O6/c1-4-7-10-13-16-19-22-25-27-29-30-31-32-33-34-35-36-37-38-39-40-41-43-44-47-50-53-56-59-62-68(71)74-65-66(64-73-67(70)61-58-55-52-49-46-24-21-18-15-12-9-6-3)75-69(72)63-60-57-54-51-48-45-42-28-26-23-20-17-14-11-8-5-2/h20,22-23,25,28-30,42,66H,4-19,21,24,26-27,31-41,43-65H2,1-3H3/b23-20-,25-22-,30-29-,42-28-. The van der Waals surface area contributed by atoms with Gasteiger partial charge in [-0.15, -0.1) is 0 Å². The van der Waals surface area contributed by atoms with Crippen LogP contribution in [0.25, 0.3) is 0 Å². The Bertz CT molecular complexity index is 1300. The van der Waals surface area contributed by atoms with Crippen LogP contribution in [-0.2, 0) is 28.6 Å². The van der Waals surface area contributed by atoms with Gasteiger partial charge in [0, 0.05) is 19.3 Å². The Morgan fingerprint density at radius 2 is 0.480 bits per heavy atom. The van der Waals surface area contributed by atoms with E-state index in [9.17, 15) is 14.4 Å². The minimum Gasteiger partial charge on any atom is -0.462 e. The van der Waals surface area contributed by atoms with E-state index in [2.05, 4.69) is 69.4 Å². The SMILES string of the molecule is CCCCCC/C=C\C/C=C\CCCCCCCC(=O)OC(COC(=O)CCCCCCCCCCCCCC)COC(=O)CCCCCCCCCCCCCCCCCCC/C=C\C/C=C\CCCCCCC. The molecule has 0 amide bonds. The summed E-state index contributed by atoms with van der Waals surface area (Å²) >= 11 is 0. The average Bonchev–Trinajstić information content (AvgIpc) is 3.41. The third kappa shape index (κ3) is 62.1. The lowest BCUT2D eigenvalue weighted by Crippen LogP contribution is -2.30. The molecule has 0 bridgehead atoms. The molecule has 0 fully saturated rings. The van der Waals surface area contributed by atoms with Crippen LogP contribution in [0.3, 0.4) is 0 Å². The molecule has 0 N–H and O–H groups in total. The normalized spacial score (nSPS) is 12.3. The van der Waals surface area contributed by atoms with Crippen molar-refractivity contribution in [3.8, 4) is 0 Å². The van der Waals surface area contributed by atoms with Gasteiger partial charge in [0.2, 0.25) is 0 Å². The molecule has 0 spiro atoms. The minimum atomic E-state index is -0.777. The summed E-state index contributed by atoms with van der Waals surface area (Å²) in [5, 5.41) is 0. The number of esters is 3. The predicted molar refractivity (Wildman–Crippen MR) is 325 cm³/mol. The van der Waals surface area contributed by atoms with E-state index >= 15 is 0 Å². The van der Waals surface area contributed by atoms with Crippen molar-refractivity contribution in [3.63, 3.8) is 0 Å². The maximum Gasteiger partial charge on any atom is 0.306 e. The number of rotatable bonds is 61. The summed E-state index contributed by atoms with van der Waals surface area (Å²) in [6.45, 7) is 6.65. The Morgan fingerprint density at radius 1 is 0.267 bits per heavy atom. The molecule has 6 heteroatoms. The van der Waals surface area contributed by atoms with Crippen molar-refractivity contribution in [2.24, 2.45) is 0 Å². The van der Waals surface area contributed by atoms with Crippen molar-refractivity contribution in [2.45, 2.75) is 361 Å². The van der Waals surface area contributed by atoms with Crippen LogP contribution in [0, 0.1) is 0 Å². The molecule has 0 saturated heterocycles. The number of unbranched alkanes of at least 4 members (excludes halogenated alkanes) is 42. The molecule has 0 aromatic rings. The molecule has 0 radical (unpaired) electrons. The highest BCUT2D eigenvalue weighted by Gasteiger charge is 2.19. The quantitative estimate of drug-likeness (QED) is 0.0261. The Balaban J connectivity index is 4.17. The van der Waals surface area contributed by atoms with Gasteiger partial charge in [-0.25, -0.2) is 0 Å². The first-order chi connectivity index (χ1) is 37.0. The average molecular weight is 1050 g/mol. The van der Waals surface area contributed by atoms with Gasteiger partial charge < -0.3 is 14.2 Å². The van der Waals surface area contributed by atoms with Crippen molar-refractivity contribution in [2.75, 3.05) is 13.2 Å². The molecule has 75 heavy (non-hydrogen) atoms. The van der Waals surface area contributed by atoms with E-state index in [4.69, 9.17) is 14.2 Å². The van der Waals surface area contributed by atoms with Gasteiger partial charge in [-0.2, -0.15) is 0 Å². The van der Waals surface area contributed by atoms with Crippen molar-refractivity contribution < 1.29 is 28.6 Å². The van der Waals surface area contributed by atoms with E-state index in [-0.39, 0.29) is 31.1 Å². The van der Waals surface area contributed by atoms with Crippen molar-refractivity contribution in [3.05, 3.63) is 48.6 Å². The van der Waals surface area contributed by atoms with E-state index in [1.165, 1.54) is 225 Å². The first-order valence-corrected chi connectivity index (χ1v) is 33.1. The second-order valence-electron chi connectivity index (χ2n) is 22.4. The van der Waals surface area contributed by atoms with Gasteiger partial charge in [-0.1, -0.05) is 301 Å². The van der Waals surface area contributed by atoms with Crippen LogP contribution in [0.5, 0.6) is 0 Å². The predicted octanol–water partition coefficient (Wildman–Crippen LogP) is 22.6. The van der Waals surface area contributed by atoms with Crippen LogP contribution in [0.1, 0.15) is 355 Å². The molecule has 1 unspecified atom stereocenters. The van der Waals surface area contributed by atoms with Crippen LogP contribution in [0.15, 0.2) is 48.6 Å². The second-order valence-corrected chi connectivity index (χ2v) is 22.4. The van der Waals surface area contributed by atoms with Crippen LogP contribution in [-0.4, -0.2) is 37.2 Å². The summed E-state index contributed by atoms with van der Waals surface area (Å²) in [5.41, 5.74) is 0. The zero-order valence-electron chi connectivity index (χ0n) is 50.3. The van der Waals surface area contributed by atoms with Gasteiger partial charge in [-0.3, -0.25) is 14.4 Å². The second kappa shape index (κ2) is 63.9. The Hall–Kier alpha value is -2.63. The Kier molecular flexibility index (Phi) is 61.7. The summed E-state index contributed by atoms with van der Waals surface area (Å²) in [4.78, 5) is 38.3. The fourth-order valence-corrected chi connectivity index (χ4v) is 9.80. The fourth-order valence-electron chi connectivity index (χ4n) is 9.80. The Morgan fingerprint density at radius 3 is 0.747 bits per heavy atom. The number of ether oxygens (including phenoxy) is 3. The van der Waals surface area contributed by atoms with Crippen LogP contribution in [0.2, 0.25) is 0 Å². The molecular formula is C69H126O6. The van der Waals surface area contributed by atoms with Gasteiger partial charge in [0.15, 0.2) is 6.10 Å². The van der Waals surface area contributed by atoms with E-state index in [1.54, 1.807) is 0 Å². The number of carbonyl (C=O) groups is 3. The summed E-state index contributed by atoms with van der Waals surface area (Å²) in [6.07, 6.45) is 79.9. The third-order valence-electron chi connectivity index (χ3n) is 14.8. The molecule has 0 saturated carbocycles. The maximum atomic E-state index is 12.9. The molecule has 1 atom stereocenters. The summed E-state index contributed by atoms with van der Waals surface area (Å²) in [7, 11) is 0. The number of carbonyl (C=O) groups excluding carboxylic acids is 3. The van der Waals surface area contributed by atoms with Gasteiger partial charge in [-0.05, 0) is 83.5 Å². The van der Waals surface area contributed by atoms with E-state index < -0.39 is 6.10 Å². The van der Waals surface area contributed by atoms with Gasteiger partial charge in [0.25, 0.3) is 0 Å². The molecule has 438 valence electrons. The van der Waals surface area contributed by atoms with Crippen molar-refractivity contribution in [1.29, 1.82) is 0 Å². The minimum absolute atomic E-state index is 0.0742. The molecule has 0 aromatic heterocycles. The molecule has 6 nitrogen and oxygen atoms in total. The molecule has 0 aliphatic heterocycles. The number of hydrogen-bond acceptors (Lipinski definition) is 6. The monoisotopic (exact) mass is 1050 g/mol. The highest BCUT2D eigenvalue weighted by molar-refractivity contribution is 5.71. The highest BCUT2D eigenvalue weighted by atomic mass is 16.6. The van der Waals surface area contributed by atoms with E-state index in [0.717, 1.165) is 89.9 Å². The molecule has 0 aliphatic carbocycles. The molecule has 0 aromatic carbocycles. The fraction of sp³-hybridized carbons (Fsp3) is 0.841. The lowest BCUT2D eigenvalue weighted by atomic mass is 10.0. The van der Waals surface area contributed by atoms with Gasteiger partial charge >= 0.3 is 17.9 Å². The number of allylic oxidation sites excluding steroid dienone is 8. The first kappa shape index (κ1) is 72.4.